The van der Waals surface area contributed by atoms with Crippen molar-refractivity contribution in [2.75, 3.05) is 24.7 Å². The second-order valence-corrected chi connectivity index (χ2v) is 4.83. The van der Waals surface area contributed by atoms with Crippen LogP contribution in [-0.4, -0.2) is 42.8 Å². The lowest BCUT2D eigenvalue weighted by molar-refractivity contribution is -0.141. The van der Waals surface area contributed by atoms with Crippen LogP contribution < -0.4 is 10.6 Å². The smallest absolute Gasteiger partial charge is 0.311 e. The van der Waals surface area contributed by atoms with E-state index in [9.17, 15) is 19.1 Å². The molecule has 1 aliphatic heterocycles. The van der Waals surface area contributed by atoms with Crippen molar-refractivity contribution in [2.45, 2.75) is 13.0 Å². The molecule has 6 nitrogen and oxygen atoms in total. The Balaban J connectivity index is 2.45. The first kappa shape index (κ1) is 15.2. The van der Waals surface area contributed by atoms with Gasteiger partial charge in [0.1, 0.15) is 11.7 Å². The van der Waals surface area contributed by atoms with Gasteiger partial charge in [0.2, 0.25) is 0 Å². The molecular formula is C14H17FN2O4. The molecule has 1 saturated heterocycles. The Bertz CT molecular complexity index is 564. The zero-order valence-corrected chi connectivity index (χ0v) is 11.6. The summed E-state index contributed by atoms with van der Waals surface area (Å²) in [6, 6.07) is 3.71. The number of benzene rings is 1. The highest BCUT2D eigenvalue weighted by Crippen LogP contribution is 2.29. The molecule has 21 heavy (non-hydrogen) atoms. The van der Waals surface area contributed by atoms with E-state index in [4.69, 9.17) is 10.5 Å². The lowest BCUT2D eigenvalue weighted by atomic mass is 10.00. The molecule has 0 aliphatic carbocycles. The van der Waals surface area contributed by atoms with Gasteiger partial charge in [-0.05, 0) is 19.1 Å². The van der Waals surface area contributed by atoms with Gasteiger partial charge in [-0.3, -0.25) is 9.59 Å². The molecule has 114 valence electrons. The van der Waals surface area contributed by atoms with Gasteiger partial charge in [-0.2, -0.15) is 0 Å². The normalized spacial score (nSPS) is 21.2. The predicted octanol–water partition coefficient (Wildman–Crippen LogP) is 0.850. The quantitative estimate of drug-likeness (QED) is 0.840. The molecule has 0 radical (unpaired) electrons. The van der Waals surface area contributed by atoms with Crippen molar-refractivity contribution in [3.63, 3.8) is 0 Å². The number of hydrogen-bond donors (Lipinski definition) is 2. The van der Waals surface area contributed by atoms with Crippen molar-refractivity contribution >= 4 is 17.6 Å². The van der Waals surface area contributed by atoms with Crippen LogP contribution in [-0.2, 0) is 9.53 Å². The highest BCUT2D eigenvalue weighted by Gasteiger charge is 2.38. The fourth-order valence-corrected chi connectivity index (χ4v) is 2.67. The summed E-state index contributed by atoms with van der Waals surface area (Å²) in [4.78, 5) is 24.4. The lowest BCUT2D eigenvalue weighted by Crippen LogP contribution is -2.44. The lowest BCUT2D eigenvalue weighted by Gasteiger charge is -2.32. The van der Waals surface area contributed by atoms with E-state index < -0.39 is 29.7 Å². The maximum atomic E-state index is 13.9. The zero-order chi connectivity index (χ0) is 15.6. The monoisotopic (exact) mass is 296 g/mol. The molecule has 0 bridgehead atoms. The van der Waals surface area contributed by atoms with Gasteiger partial charge in [0.05, 0.1) is 30.5 Å². The number of nitrogens with zero attached hydrogens (tertiary/aromatic N) is 1. The SMILES string of the molecule is CCN(c1cccc(F)c1C(N)=O)C1COCC1C(=O)O. The number of rotatable bonds is 5. The summed E-state index contributed by atoms with van der Waals surface area (Å²) in [5, 5.41) is 9.24. The third-order valence-electron chi connectivity index (χ3n) is 3.66. The number of carbonyl (C=O) groups excluding carboxylic acids is 1. The van der Waals surface area contributed by atoms with Crippen molar-refractivity contribution in [3.8, 4) is 0 Å². The fraction of sp³-hybridized carbons (Fsp3) is 0.429. The molecule has 1 aliphatic rings. The first-order valence-corrected chi connectivity index (χ1v) is 6.62. The summed E-state index contributed by atoms with van der Waals surface area (Å²) in [7, 11) is 0. The van der Waals surface area contributed by atoms with E-state index >= 15 is 0 Å². The number of anilines is 1. The predicted molar refractivity (Wildman–Crippen MR) is 73.7 cm³/mol. The van der Waals surface area contributed by atoms with Crippen LogP contribution in [0.1, 0.15) is 17.3 Å². The molecule has 1 amide bonds. The van der Waals surface area contributed by atoms with Gasteiger partial charge in [-0.15, -0.1) is 0 Å². The number of primary amides is 1. The van der Waals surface area contributed by atoms with E-state index in [0.29, 0.717) is 12.2 Å². The van der Waals surface area contributed by atoms with E-state index in [-0.39, 0.29) is 18.8 Å². The average molecular weight is 296 g/mol. The van der Waals surface area contributed by atoms with Crippen molar-refractivity contribution in [1.29, 1.82) is 0 Å². The fourth-order valence-electron chi connectivity index (χ4n) is 2.67. The number of halogens is 1. The first-order chi connectivity index (χ1) is 9.97. The number of likely N-dealkylation sites (N-methyl/N-ethyl adjacent to an activating group) is 1. The van der Waals surface area contributed by atoms with E-state index in [0.717, 1.165) is 6.07 Å². The Morgan fingerprint density at radius 3 is 2.76 bits per heavy atom. The minimum Gasteiger partial charge on any atom is -0.481 e. The van der Waals surface area contributed by atoms with Crippen LogP contribution in [0.3, 0.4) is 0 Å². The van der Waals surface area contributed by atoms with Gasteiger partial charge >= 0.3 is 5.97 Å². The van der Waals surface area contributed by atoms with E-state index in [2.05, 4.69) is 0 Å². The van der Waals surface area contributed by atoms with E-state index in [1.165, 1.54) is 6.07 Å². The van der Waals surface area contributed by atoms with Gasteiger partial charge < -0.3 is 20.5 Å². The van der Waals surface area contributed by atoms with Crippen LogP contribution in [0, 0.1) is 11.7 Å². The van der Waals surface area contributed by atoms with Crippen LogP contribution in [0.2, 0.25) is 0 Å². The molecule has 2 unspecified atom stereocenters. The summed E-state index contributed by atoms with van der Waals surface area (Å²) in [5.41, 5.74) is 5.32. The molecule has 1 fully saturated rings. The van der Waals surface area contributed by atoms with E-state index in [1.807, 2.05) is 0 Å². The standard InChI is InChI=1S/C14H17FN2O4/c1-2-17(11-7-21-6-8(11)14(19)20)10-5-3-4-9(15)12(10)13(16)18/h3-5,8,11H,2,6-7H2,1H3,(H2,16,18)(H,19,20). The third kappa shape index (κ3) is 2.82. The molecule has 3 N–H and O–H groups in total. The summed E-state index contributed by atoms with van der Waals surface area (Å²) in [5.74, 6) is -3.31. The summed E-state index contributed by atoms with van der Waals surface area (Å²) in [6.45, 7) is 2.51. The van der Waals surface area contributed by atoms with Crippen molar-refractivity contribution in [1.82, 2.24) is 0 Å². The Morgan fingerprint density at radius 1 is 1.48 bits per heavy atom. The van der Waals surface area contributed by atoms with Crippen molar-refractivity contribution in [2.24, 2.45) is 11.7 Å². The van der Waals surface area contributed by atoms with Gasteiger partial charge in [-0.25, -0.2) is 4.39 Å². The molecular weight excluding hydrogens is 279 g/mol. The number of carboxylic acid groups (broad SMARTS) is 1. The van der Waals surface area contributed by atoms with Crippen LogP contribution in [0.25, 0.3) is 0 Å². The first-order valence-electron chi connectivity index (χ1n) is 6.62. The van der Waals surface area contributed by atoms with Crippen molar-refractivity contribution < 1.29 is 23.8 Å². The third-order valence-corrected chi connectivity index (χ3v) is 3.66. The molecule has 1 aromatic rings. The number of aliphatic carboxylic acids is 1. The summed E-state index contributed by atoms with van der Waals surface area (Å²) in [6.07, 6.45) is 0. The summed E-state index contributed by atoms with van der Waals surface area (Å²) >= 11 is 0. The average Bonchev–Trinajstić information content (AvgIpc) is 2.88. The Labute approximate surface area is 121 Å². The summed E-state index contributed by atoms with van der Waals surface area (Å²) < 4.78 is 19.1. The molecule has 1 heterocycles. The number of carbonyl (C=O) groups is 2. The van der Waals surface area contributed by atoms with Crippen molar-refractivity contribution in [3.05, 3.63) is 29.6 Å². The van der Waals surface area contributed by atoms with Gasteiger partial charge in [0, 0.05) is 6.54 Å². The van der Waals surface area contributed by atoms with E-state index in [1.54, 1.807) is 17.9 Å². The zero-order valence-electron chi connectivity index (χ0n) is 11.6. The highest BCUT2D eigenvalue weighted by molar-refractivity contribution is 5.99. The number of carboxylic acids is 1. The maximum Gasteiger partial charge on any atom is 0.311 e. The molecule has 0 aromatic heterocycles. The molecule has 0 saturated carbocycles. The highest BCUT2D eigenvalue weighted by atomic mass is 19.1. The van der Waals surface area contributed by atoms with Crippen LogP contribution in [0.5, 0.6) is 0 Å². The van der Waals surface area contributed by atoms with Gasteiger partial charge in [-0.1, -0.05) is 6.07 Å². The molecule has 0 spiro atoms. The minimum absolute atomic E-state index is 0.0950. The minimum atomic E-state index is -0.979. The number of amides is 1. The molecule has 1 aromatic carbocycles. The second kappa shape index (κ2) is 6.09. The molecule has 2 atom stereocenters. The Kier molecular flexibility index (Phi) is 4.42. The number of hydrogen-bond acceptors (Lipinski definition) is 4. The number of nitrogens with two attached hydrogens (primary N) is 1. The van der Waals surface area contributed by atoms with Crippen LogP contribution in [0.4, 0.5) is 10.1 Å². The molecule has 2 rings (SSSR count). The number of ether oxygens (including phenoxy) is 1. The topological polar surface area (TPSA) is 92.9 Å². The largest absolute Gasteiger partial charge is 0.481 e. The van der Waals surface area contributed by atoms with Crippen LogP contribution >= 0.6 is 0 Å². The van der Waals surface area contributed by atoms with Gasteiger partial charge in [0.25, 0.3) is 5.91 Å². The Morgan fingerprint density at radius 2 is 2.19 bits per heavy atom. The Hall–Kier alpha value is -2.15. The molecule has 7 heteroatoms. The van der Waals surface area contributed by atoms with Gasteiger partial charge in [0.15, 0.2) is 0 Å². The maximum absolute atomic E-state index is 13.9. The van der Waals surface area contributed by atoms with Crippen LogP contribution in [0.15, 0.2) is 18.2 Å². The second-order valence-electron chi connectivity index (χ2n) is 4.83.